The number of benzene rings is 1. The van der Waals surface area contributed by atoms with Crippen molar-refractivity contribution in [3.8, 4) is 0 Å². The predicted octanol–water partition coefficient (Wildman–Crippen LogP) is 3.63. The van der Waals surface area contributed by atoms with E-state index in [0.29, 0.717) is 24.5 Å². The van der Waals surface area contributed by atoms with E-state index in [-0.39, 0.29) is 12.1 Å². The molecule has 0 aliphatic rings. The molecule has 0 aliphatic heterocycles. The largest absolute Gasteiger partial charge is 0.352 e. The minimum Gasteiger partial charge on any atom is -0.352 e. The molecule has 96 valence electrons. The average molecular weight is 258 g/mol. The van der Waals surface area contributed by atoms with Gasteiger partial charge < -0.3 is 9.47 Å². The first kappa shape index (κ1) is 14.5. The summed E-state index contributed by atoms with van der Waals surface area (Å²) < 4.78 is 24.2. The lowest BCUT2D eigenvalue weighted by Gasteiger charge is -2.16. The minimum absolute atomic E-state index is 0.167. The topological polar surface area (TPSA) is 18.5 Å². The van der Waals surface area contributed by atoms with E-state index in [1.807, 2.05) is 19.9 Å². The zero-order valence-electron chi connectivity index (χ0n) is 10.5. The van der Waals surface area contributed by atoms with Gasteiger partial charge in [0, 0.05) is 23.9 Å². The van der Waals surface area contributed by atoms with Crippen LogP contribution in [0.4, 0.5) is 4.39 Å². The van der Waals surface area contributed by atoms with Gasteiger partial charge in [0.2, 0.25) is 0 Å². The Bertz CT molecular complexity index is 338. The number of rotatable bonds is 7. The number of hydrogen-bond acceptors (Lipinski definition) is 3. The van der Waals surface area contributed by atoms with E-state index in [0.717, 1.165) is 4.90 Å². The summed E-state index contributed by atoms with van der Waals surface area (Å²) in [5, 5.41) is 0. The van der Waals surface area contributed by atoms with Crippen LogP contribution in [0.25, 0.3) is 0 Å². The Balaban J connectivity index is 2.49. The molecule has 1 rings (SSSR count). The minimum atomic E-state index is -0.223. The smallest absolute Gasteiger partial charge is 0.166 e. The van der Waals surface area contributed by atoms with Gasteiger partial charge in [-0.05, 0) is 38.5 Å². The molecule has 0 aromatic heterocycles. The van der Waals surface area contributed by atoms with Crippen LogP contribution in [0.5, 0.6) is 0 Å². The van der Waals surface area contributed by atoms with Gasteiger partial charge >= 0.3 is 0 Å². The molecule has 0 N–H and O–H groups in total. The molecule has 0 atom stereocenters. The second-order valence-corrected chi connectivity index (χ2v) is 4.66. The Morgan fingerprint density at radius 1 is 1.24 bits per heavy atom. The first-order valence-electron chi connectivity index (χ1n) is 5.79. The summed E-state index contributed by atoms with van der Waals surface area (Å²) in [6.07, 6.45) is -0.223. The molecule has 1 aromatic carbocycles. The summed E-state index contributed by atoms with van der Waals surface area (Å²) in [4.78, 5) is 0.900. The van der Waals surface area contributed by atoms with Crippen LogP contribution in [0, 0.1) is 12.7 Å². The maximum Gasteiger partial charge on any atom is 0.166 e. The molecule has 2 nitrogen and oxygen atoms in total. The second-order valence-electron chi connectivity index (χ2n) is 3.56. The molecule has 0 bridgehead atoms. The maximum absolute atomic E-state index is 13.3. The lowest BCUT2D eigenvalue weighted by Crippen LogP contribution is -2.19. The summed E-state index contributed by atoms with van der Waals surface area (Å²) in [5.74, 6) is 0.504. The first-order valence-corrected chi connectivity index (χ1v) is 6.78. The van der Waals surface area contributed by atoms with Crippen molar-refractivity contribution >= 4 is 11.8 Å². The molecule has 0 aliphatic carbocycles. The molecule has 0 radical (unpaired) electrons. The second kappa shape index (κ2) is 7.69. The van der Waals surface area contributed by atoms with Crippen LogP contribution in [-0.2, 0) is 9.47 Å². The highest BCUT2D eigenvalue weighted by Gasteiger charge is 2.09. The predicted molar refractivity (Wildman–Crippen MR) is 68.9 cm³/mol. The van der Waals surface area contributed by atoms with Crippen molar-refractivity contribution in [2.75, 3.05) is 19.0 Å². The number of aryl methyl sites for hydroxylation is 1. The van der Waals surface area contributed by atoms with E-state index < -0.39 is 0 Å². The number of hydrogen-bond donors (Lipinski definition) is 0. The molecule has 0 amide bonds. The van der Waals surface area contributed by atoms with E-state index in [9.17, 15) is 4.39 Å². The zero-order chi connectivity index (χ0) is 12.7. The highest BCUT2D eigenvalue weighted by molar-refractivity contribution is 7.99. The molecule has 0 saturated carbocycles. The van der Waals surface area contributed by atoms with Crippen molar-refractivity contribution in [3.63, 3.8) is 0 Å². The third-order valence-corrected chi connectivity index (χ3v) is 3.26. The Kier molecular flexibility index (Phi) is 6.55. The van der Waals surface area contributed by atoms with Crippen molar-refractivity contribution in [1.29, 1.82) is 0 Å². The fraction of sp³-hybridized carbons (Fsp3) is 0.538. The fourth-order valence-electron chi connectivity index (χ4n) is 1.34. The Morgan fingerprint density at radius 3 is 2.41 bits per heavy atom. The van der Waals surface area contributed by atoms with Gasteiger partial charge in [-0.1, -0.05) is 6.07 Å². The van der Waals surface area contributed by atoms with Gasteiger partial charge in [-0.3, -0.25) is 0 Å². The van der Waals surface area contributed by atoms with Gasteiger partial charge in [0.25, 0.3) is 0 Å². The highest BCUT2D eigenvalue weighted by Crippen LogP contribution is 2.22. The highest BCUT2D eigenvalue weighted by atomic mass is 32.2. The van der Waals surface area contributed by atoms with Crippen LogP contribution < -0.4 is 0 Å². The standard InChI is InChI=1S/C13H19FO2S/c1-4-15-13(16-5-2)9-17-11-7-6-10(3)12(14)8-11/h6-8,13H,4-5,9H2,1-3H3. The fourth-order valence-corrected chi connectivity index (χ4v) is 2.22. The number of thioether (sulfide) groups is 1. The van der Waals surface area contributed by atoms with Gasteiger partial charge in [-0.15, -0.1) is 11.8 Å². The van der Waals surface area contributed by atoms with Gasteiger partial charge in [-0.25, -0.2) is 4.39 Å². The van der Waals surface area contributed by atoms with E-state index in [1.165, 1.54) is 0 Å². The molecule has 0 unspecified atom stereocenters. The van der Waals surface area contributed by atoms with Crippen molar-refractivity contribution in [2.45, 2.75) is 32.0 Å². The molecule has 0 saturated heterocycles. The maximum atomic E-state index is 13.3. The molecular weight excluding hydrogens is 239 g/mol. The number of halogens is 1. The molecule has 0 spiro atoms. The monoisotopic (exact) mass is 258 g/mol. The van der Waals surface area contributed by atoms with Crippen LogP contribution in [-0.4, -0.2) is 25.3 Å². The third kappa shape index (κ3) is 5.06. The van der Waals surface area contributed by atoms with Crippen LogP contribution in [0.1, 0.15) is 19.4 Å². The SMILES string of the molecule is CCOC(CSc1ccc(C)c(F)c1)OCC. The van der Waals surface area contributed by atoms with E-state index in [2.05, 4.69) is 0 Å². The number of ether oxygens (including phenoxy) is 2. The quantitative estimate of drug-likeness (QED) is 0.549. The molecular formula is C13H19FO2S. The Labute approximate surface area is 107 Å². The van der Waals surface area contributed by atoms with Crippen LogP contribution in [0.2, 0.25) is 0 Å². The Hall–Kier alpha value is -0.580. The normalized spacial score (nSPS) is 11.1. The molecule has 4 heteroatoms. The van der Waals surface area contributed by atoms with Gasteiger partial charge in [-0.2, -0.15) is 0 Å². The Morgan fingerprint density at radius 2 is 1.88 bits per heavy atom. The van der Waals surface area contributed by atoms with Crippen molar-refractivity contribution < 1.29 is 13.9 Å². The molecule has 1 aromatic rings. The van der Waals surface area contributed by atoms with E-state index in [4.69, 9.17) is 9.47 Å². The molecule has 0 heterocycles. The van der Waals surface area contributed by atoms with Crippen LogP contribution in [0.15, 0.2) is 23.1 Å². The third-order valence-electron chi connectivity index (χ3n) is 2.23. The summed E-state index contributed by atoms with van der Waals surface area (Å²) >= 11 is 1.54. The van der Waals surface area contributed by atoms with Gasteiger partial charge in [0.15, 0.2) is 6.29 Å². The van der Waals surface area contributed by atoms with Gasteiger partial charge in [0.1, 0.15) is 5.82 Å². The average Bonchev–Trinajstić information content (AvgIpc) is 2.31. The van der Waals surface area contributed by atoms with Crippen LogP contribution >= 0.6 is 11.8 Å². The first-order chi connectivity index (χ1) is 8.17. The summed E-state index contributed by atoms with van der Waals surface area (Å²) in [6.45, 7) is 6.86. The lowest BCUT2D eigenvalue weighted by molar-refractivity contribution is -0.120. The molecule has 0 fully saturated rings. The van der Waals surface area contributed by atoms with E-state index >= 15 is 0 Å². The zero-order valence-corrected chi connectivity index (χ0v) is 11.3. The summed E-state index contributed by atoms with van der Waals surface area (Å²) in [5.41, 5.74) is 0.667. The van der Waals surface area contributed by atoms with E-state index in [1.54, 1.807) is 30.8 Å². The van der Waals surface area contributed by atoms with Crippen molar-refractivity contribution in [2.24, 2.45) is 0 Å². The van der Waals surface area contributed by atoms with Crippen molar-refractivity contribution in [3.05, 3.63) is 29.6 Å². The summed E-state index contributed by atoms with van der Waals surface area (Å²) in [6, 6.07) is 5.25. The lowest BCUT2D eigenvalue weighted by atomic mass is 10.2. The molecule has 17 heavy (non-hydrogen) atoms. The van der Waals surface area contributed by atoms with Crippen LogP contribution in [0.3, 0.4) is 0 Å². The van der Waals surface area contributed by atoms with Gasteiger partial charge in [0.05, 0.1) is 0 Å². The summed E-state index contributed by atoms with van der Waals surface area (Å²) in [7, 11) is 0. The van der Waals surface area contributed by atoms with Crippen molar-refractivity contribution in [1.82, 2.24) is 0 Å².